The molecule has 43 heavy (non-hydrogen) atoms. The van der Waals surface area contributed by atoms with E-state index in [0.29, 0.717) is 5.57 Å². The first kappa shape index (κ1) is 31.9. The minimum atomic E-state index is -1.52. The Bertz CT molecular complexity index is 1570. The van der Waals surface area contributed by atoms with Gasteiger partial charge in [-0.05, 0) is 31.5 Å². The van der Waals surface area contributed by atoms with Crippen LogP contribution in [0.5, 0.6) is 5.88 Å². The molecule has 0 bridgehead atoms. The maximum absolute atomic E-state index is 13.0. The number of carbonyl (C=O) groups is 4. The first-order valence-electron chi connectivity index (χ1n) is 12.3. The average Bonchev–Trinajstić information content (AvgIpc) is 3.37. The zero-order valence-electron chi connectivity index (χ0n) is 23.1. The van der Waals surface area contributed by atoms with Gasteiger partial charge in [-0.1, -0.05) is 11.8 Å². The van der Waals surface area contributed by atoms with Crippen LogP contribution in [0.3, 0.4) is 0 Å². The Morgan fingerprint density at radius 1 is 1.30 bits per heavy atom. The Morgan fingerprint density at radius 3 is 2.63 bits per heavy atom. The SMILES string of the molecule is Cn1nc(OCOC(=O)C(C)(C)C)c(=O)nc1SCC1=C(C(=O)O)N2C(=O)[C@@H](NC(=O)C(N=O)c3csc(N)n3)[C@H]2SC1. The van der Waals surface area contributed by atoms with E-state index >= 15 is 0 Å². The van der Waals surface area contributed by atoms with E-state index in [2.05, 4.69) is 25.6 Å². The van der Waals surface area contributed by atoms with Crippen molar-refractivity contribution in [3.05, 3.63) is 37.6 Å². The van der Waals surface area contributed by atoms with E-state index < -0.39 is 59.0 Å². The Labute approximate surface area is 255 Å². The number of nitrogens with two attached hydrogens (primary N) is 1. The molecule has 2 aromatic heterocycles. The lowest BCUT2D eigenvalue weighted by Gasteiger charge is -2.49. The van der Waals surface area contributed by atoms with Crippen molar-refractivity contribution in [3.63, 3.8) is 0 Å². The number of nitrogens with zero attached hydrogens (tertiary/aromatic N) is 6. The second-order valence-corrected chi connectivity index (χ2v) is 13.1. The Morgan fingerprint density at radius 2 is 2.02 bits per heavy atom. The monoisotopic (exact) mass is 654 g/mol. The van der Waals surface area contributed by atoms with Crippen LogP contribution in [0.25, 0.3) is 0 Å². The number of carboxylic acid groups (broad SMARTS) is 1. The number of nitroso groups, excluding NO2 is 1. The van der Waals surface area contributed by atoms with Gasteiger partial charge in [-0.15, -0.1) is 33.1 Å². The van der Waals surface area contributed by atoms with Crippen LogP contribution in [0.1, 0.15) is 32.5 Å². The minimum absolute atomic E-state index is 0.0430. The molecule has 20 heteroatoms. The van der Waals surface area contributed by atoms with E-state index in [-0.39, 0.29) is 39.1 Å². The number of nitrogens with one attached hydrogen (secondary N) is 1. The number of hydrogen-bond donors (Lipinski definition) is 3. The summed E-state index contributed by atoms with van der Waals surface area (Å²) in [5, 5.41) is 20.2. The van der Waals surface area contributed by atoms with Crippen molar-refractivity contribution in [3.8, 4) is 5.88 Å². The van der Waals surface area contributed by atoms with Gasteiger partial charge in [0.1, 0.15) is 17.1 Å². The van der Waals surface area contributed by atoms with Crippen LogP contribution in [0.2, 0.25) is 0 Å². The van der Waals surface area contributed by atoms with Gasteiger partial charge in [0.05, 0.1) is 11.1 Å². The number of aryl methyl sites for hydroxylation is 1. The van der Waals surface area contributed by atoms with E-state index in [0.717, 1.165) is 28.0 Å². The molecule has 2 aliphatic rings. The summed E-state index contributed by atoms with van der Waals surface area (Å²) in [5.41, 5.74) is 4.15. The highest BCUT2D eigenvalue weighted by Crippen LogP contribution is 2.41. The molecule has 2 amide bonds. The number of aliphatic carboxylic acids is 1. The molecule has 4 rings (SSSR count). The highest BCUT2D eigenvalue weighted by molar-refractivity contribution is 8.01. The van der Waals surface area contributed by atoms with E-state index in [1.807, 2.05) is 0 Å². The van der Waals surface area contributed by atoms with Crippen molar-refractivity contribution in [1.29, 1.82) is 0 Å². The van der Waals surface area contributed by atoms with Gasteiger partial charge in [0.15, 0.2) is 10.3 Å². The van der Waals surface area contributed by atoms with Gasteiger partial charge in [-0.25, -0.2) is 14.5 Å². The number of anilines is 1. The van der Waals surface area contributed by atoms with Gasteiger partial charge in [0.2, 0.25) is 12.8 Å². The summed E-state index contributed by atoms with van der Waals surface area (Å²) in [5.74, 6) is -3.56. The van der Waals surface area contributed by atoms with Crippen molar-refractivity contribution in [2.24, 2.45) is 17.6 Å². The standard InChI is InChI=1S/C23H26N8O9S3/c1-23(2,3)20(37)40-8-39-16-15(33)27-22(30(4)28-16)43-6-9-5-41-18-12(17(34)31(18)13(9)19(35)36)26-14(32)11(29-38)10-7-42-21(24)25-10/h7,11-12,18H,5-6,8H2,1-4H3,(H2,24,25)(H,26,32)(H,35,36)/t11?,12-,18-/m1/s1. The summed E-state index contributed by atoms with van der Waals surface area (Å²) in [7, 11) is 1.49. The minimum Gasteiger partial charge on any atom is -0.477 e. The first-order chi connectivity index (χ1) is 20.2. The molecule has 17 nitrogen and oxygen atoms in total. The summed E-state index contributed by atoms with van der Waals surface area (Å²) >= 11 is 3.26. The number of ether oxygens (including phenoxy) is 2. The predicted octanol–water partition coefficient (Wildman–Crippen LogP) is 0.478. The van der Waals surface area contributed by atoms with Crippen molar-refractivity contribution in [2.75, 3.05) is 24.0 Å². The fraction of sp³-hybridized carbons (Fsp3) is 0.478. The average molecular weight is 655 g/mol. The van der Waals surface area contributed by atoms with E-state index in [1.54, 1.807) is 20.8 Å². The summed E-state index contributed by atoms with van der Waals surface area (Å²) in [6.07, 6.45) is 0. The number of rotatable bonds is 11. The Balaban J connectivity index is 1.42. The molecular weight excluding hydrogens is 629 g/mol. The van der Waals surface area contributed by atoms with Crippen LogP contribution in [-0.2, 0) is 31.0 Å². The fourth-order valence-corrected chi connectivity index (χ4v) is 6.81. The Kier molecular flexibility index (Phi) is 9.40. The summed E-state index contributed by atoms with van der Waals surface area (Å²) in [6, 6.07) is -2.60. The second-order valence-electron chi connectivity index (χ2n) is 10.1. The number of esters is 1. The zero-order valence-corrected chi connectivity index (χ0v) is 25.6. The van der Waals surface area contributed by atoms with Gasteiger partial charge in [-0.3, -0.25) is 24.1 Å². The lowest BCUT2D eigenvalue weighted by atomic mass is 9.98. The van der Waals surface area contributed by atoms with Crippen LogP contribution < -0.4 is 21.3 Å². The molecule has 1 fully saturated rings. The molecule has 0 radical (unpaired) electrons. The van der Waals surface area contributed by atoms with Crippen molar-refractivity contribution in [2.45, 2.75) is 43.4 Å². The molecule has 2 aliphatic heterocycles. The van der Waals surface area contributed by atoms with Crippen LogP contribution in [0.15, 0.2) is 31.8 Å². The molecule has 3 atom stereocenters. The third kappa shape index (κ3) is 6.80. The zero-order chi connectivity index (χ0) is 31.6. The summed E-state index contributed by atoms with van der Waals surface area (Å²) in [4.78, 5) is 82.3. The number of thiazole rings is 1. The molecule has 1 unspecified atom stereocenters. The van der Waals surface area contributed by atoms with Crippen molar-refractivity contribution >= 4 is 63.7 Å². The van der Waals surface area contributed by atoms with E-state index in [9.17, 15) is 34.0 Å². The third-order valence-electron chi connectivity index (χ3n) is 5.99. The number of carbonyl (C=O) groups excluding carboxylic acids is 3. The number of aromatic nitrogens is 4. The topological polar surface area (TPSA) is 238 Å². The molecule has 230 valence electrons. The lowest BCUT2D eigenvalue weighted by molar-refractivity contribution is -0.160. The number of hydrogen-bond acceptors (Lipinski definition) is 16. The van der Waals surface area contributed by atoms with Gasteiger partial charge < -0.3 is 25.6 Å². The largest absolute Gasteiger partial charge is 0.477 e. The maximum atomic E-state index is 13.0. The van der Waals surface area contributed by atoms with E-state index in [1.165, 1.54) is 28.9 Å². The number of carboxylic acids is 1. The quantitative estimate of drug-likeness (QED) is 0.0981. The van der Waals surface area contributed by atoms with Gasteiger partial charge in [-0.2, -0.15) is 4.98 Å². The third-order valence-corrected chi connectivity index (χ3v) is 9.13. The van der Waals surface area contributed by atoms with Gasteiger partial charge in [0.25, 0.3) is 11.8 Å². The van der Waals surface area contributed by atoms with Crippen molar-refractivity contribution in [1.82, 2.24) is 30.0 Å². The molecule has 0 saturated carbocycles. The molecule has 1 saturated heterocycles. The fourth-order valence-electron chi connectivity index (χ4n) is 3.84. The van der Waals surface area contributed by atoms with Crippen molar-refractivity contribution < 1.29 is 33.8 Å². The number of nitrogen functional groups attached to an aromatic ring is 1. The molecule has 4 N–H and O–H groups in total. The van der Waals surface area contributed by atoms with E-state index in [4.69, 9.17) is 15.2 Å². The Hall–Kier alpha value is -4.04. The molecule has 0 aromatic carbocycles. The summed E-state index contributed by atoms with van der Waals surface area (Å²) in [6.45, 7) is 4.45. The first-order valence-corrected chi connectivity index (χ1v) is 15.3. The molecule has 0 aliphatic carbocycles. The van der Waals surface area contributed by atoms with Gasteiger partial charge >= 0.3 is 23.4 Å². The number of fused-ring (bicyclic) bond motifs is 1. The normalized spacial score (nSPS) is 18.8. The lowest BCUT2D eigenvalue weighted by Crippen LogP contribution is -2.70. The molecule has 0 spiro atoms. The van der Waals surface area contributed by atoms with Crippen LogP contribution in [0.4, 0.5) is 5.13 Å². The maximum Gasteiger partial charge on any atom is 0.352 e. The summed E-state index contributed by atoms with van der Waals surface area (Å²) < 4.78 is 11.4. The molecule has 4 heterocycles. The molecule has 2 aromatic rings. The van der Waals surface area contributed by atoms with Crippen LogP contribution in [0, 0.1) is 10.3 Å². The second kappa shape index (κ2) is 12.7. The van der Waals surface area contributed by atoms with Crippen LogP contribution in [-0.4, -0.2) is 83.2 Å². The highest BCUT2D eigenvalue weighted by atomic mass is 32.2. The van der Waals surface area contributed by atoms with Crippen LogP contribution >= 0.6 is 34.9 Å². The predicted molar refractivity (Wildman–Crippen MR) is 154 cm³/mol. The highest BCUT2D eigenvalue weighted by Gasteiger charge is 2.54. The molecular formula is C23H26N8O9S3. The van der Waals surface area contributed by atoms with Gasteiger partial charge in [0, 0.05) is 23.9 Å². The smallest absolute Gasteiger partial charge is 0.352 e. The number of thioether (sulfide) groups is 2. The number of amides is 2. The number of β-lactam (4-membered cyclic amide) rings is 1.